The molecule has 0 spiro atoms. The van der Waals surface area contributed by atoms with E-state index in [0.29, 0.717) is 12.8 Å². The predicted octanol–water partition coefficient (Wildman–Crippen LogP) is 2.50. The first-order valence-electron chi connectivity index (χ1n) is 6.48. The van der Waals surface area contributed by atoms with Crippen molar-refractivity contribution in [2.24, 2.45) is 5.41 Å². The Kier molecular flexibility index (Phi) is 3.94. The fourth-order valence-corrected chi connectivity index (χ4v) is 4.60. The standard InChI is InChI=1S/C14H18O4S/c15-13(16)14(9-5-2-6-10-14)11-19(17,18)12-7-3-1-4-8-12/h1,3-4,7-8H,2,5-6,9-11H2,(H,15,16). The van der Waals surface area contributed by atoms with E-state index in [0.717, 1.165) is 19.3 Å². The molecule has 4 nitrogen and oxygen atoms in total. The average Bonchev–Trinajstić information content (AvgIpc) is 2.40. The summed E-state index contributed by atoms with van der Waals surface area (Å²) in [5, 5.41) is 9.43. The first-order valence-corrected chi connectivity index (χ1v) is 8.13. The molecule has 1 aromatic rings. The van der Waals surface area contributed by atoms with E-state index in [1.807, 2.05) is 0 Å². The summed E-state index contributed by atoms with van der Waals surface area (Å²) in [5.74, 6) is -1.27. The number of aliphatic carboxylic acids is 1. The van der Waals surface area contributed by atoms with Gasteiger partial charge in [-0.25, -0.2) is 8.42 Å². The molecule has 1 aliphatic rings. The highest BCUT2D eigenvalue weighted by Crippen LogP contribution is 2.39. The van der Waals surface area contributed by atoms with E-state index < -0.39 is 21.2 Å². The Hall–Kier alpha value is -1.36. The van der Waals surface area contributed by atoms with Crippen LogP contribution in [0.1, 0.15) is 32.1 Å². The summed E-state index contributed by atoms with van der Waals surface area (Å²) < 4.78 is 24.7. The number of hydrogen-bond acceptors (Lipinski definition) is 3. The zero-order valence-corrected chi connectivity index (χ0v) is 11.5. The molecule has 1 N–H and O–H groups in total. The van der Waals surface area contributed by atoms with Gasteiger partial charge in [0.05, 0.1) is 16.1 Å². The SMILES string of the molecule is O=C(O)C1(CS(=O)(=O)c2ccccc2)CCCCC1. The maximum absolute atomic E-state index is 12.3. The van der Waals surface area contributed by atoms with Crippen LogP contribution in [0.25, 0.3) is 0 Å². The van der Waals surface area contributed by atoms with E-state index in [2.05, 4.69) is 0 Å². The Bertz CT molecular complexity index is 542. The first-order chi connectivity index (χ1) is 8.96. The van der Waals surface area contributed by atoms with Crippen molar-refractivity contribution < 1.29 is 18.3 Å². The summed E-state index contributed by atoms with van der Waals surface area (Å²) in [7, 11) is -3.54. The second-order valence-corrected chi connectivity index (χ2v) is 7.21. The van der Waals surface area contributed by atoms with Crippen LogP contribution in [0, 0.1) is 5.41 Å². The van der Waals surface area contributed by atoms with Gasteiger partial charge in [0.1, 0.15) is 0 Å². The van der Waals surface area contributed by atoms with E-state index in [4.69, 9.17) is 0 Å². The molecule has 0 saturated heterocycles. The van der Waals surface area contributed by atoms with E-state index in [9.17, 15) is 18.3 Å². The summed E-state index contributed by atoms with van der Waals surface area (Å²) >= 11 is 0. The van der Waals surface area contributed by atoms with Gasteiger partial charge < -0.3 is 5.11 Å². The van der Waals surface area contributed by atoms with E-state index in [1.54, 1.807) is 18.2 Å². The van der Waals surface area contributed by atoms with Crippen molar-refractivity contribution in [3.63, 3.8) is 0 Å². The van der Waals surface area contributed by atoms with Crippen molar-refractivity contribution in [1.82, 2.24) is 0 Å². The van der Waals surface area contributed by atoms with Gasteiger partial charge in [-0.2, -0.15) is 0 Å². The minimum Gasteiger partial charge on any atom is -0.481 e. The Morgan fingerprint density at radius 1 is 1.11 bits per heavy atom. The van der Waals surface area contributed by atoms with Gasteiger partial charge in [-0.15, -0.1) is 0 Å². The van der Waals surface area contributed by atoms with Crippen molar-refractivity contribution in [3.05, 3.63) is 30.3 Å². The van der Waals surface area contributed by atoms with Gasteiger partial charge in [0.15, 0.2) is 9.84 Å². The van der Waals surface area contributed by atoms with Gasteiger partial charge >= 0.3 is 5.97 Å². The number of carboxylic acid groups (broad SMARTS) is 1. The molecular formula is C14H18O4S. The van der Waals surface area contributed by atoms with Crippen LogP contribution in [0.2, 0.25) is 0 Å². The molecule has 5 heteroatoms. The molecule has 0 radical (unpaired) electrons. The van der Waals surface area contributed by atoms with Crippen molar-refractivity contribution in [1.29, 1.82) is 0 Å². The molecule has 19 heavy (non-hydrogen) atoms. The smallest absolute Gasteiger partial charge is 0.310 e. The van der Waals surface area contributed by atoms with E-state index in [1.165, 1.54) is 12.1 Å². The molecule has 1 aliphatic carbocycles. The lowest BCUT2D eigenvalue weighted by molar-refractivity contribution is -0.149. The van der Waals surface area contributed by atoms with Gasteiger partial charge in [0.2, 0.25) is 0 Å². The molecule has 0 amide bonds. The highest BCUT2D eigenvalue weighted by molar-refractivity contribution is 7.91. The number of benzene rings is 1. The van der Waals surface area contributed by atoms with Crippen LogP contribution in [-0.4, -0.2) is 25.2 Å². The summed E-state index contributed by atoms with van der Waals surface area (Å²) in [6.45, 7) is 0. The second kappa shape index (κ2) is 5.33. The summed E-state index contributed by atoms with van der Waals surface area (Å²) in [5.41, 5.74) is -1.10. The van der Waals surface area contributed by atoms with Gasteiger partial charge in [0.25, 0.3) is 0 Å². The van der Waals surface area contributed by atoms with Gasteiger partial charge in [-0.1, -0.05) is 37.5 Å². The summed E-state index contributed by atoms with van der Waals surface area (Å²) in [4.78, 5) is 11.7. The molecule has 1 fully saturated rings. The molecule has 104 valence electrons. The lowest BCUT2D eigenvalue weighted by Gasteiger charge is -2.32. The van der Waals surface area contributed by atoms with Gasteiger partial charge in [0, 0.05) is 0 Å². The number of carboxylic acids is 1. The van der Waals surface area contributed by atoms with Crippen LogP contribution in [-0.2, 0) is 14.6 Å². The van der Waals surface area contributed by atoms with E-state index >= 15 is 0 Å². The Balaban J connectivity index is 2.29. The number of rotatable bonds is 4. The lowest BCUT2D eigenvalue weighted by atomic mass is 9.76. The molecule has 0 atom stereocenters. The third-order valence-corrected chi connectivity index (χ3v) is 5.76. The lowest BCUT2D eigenvalue weighted by Crippen LogP contribution is -2.39. The van der Waals surface area contributed by atoms with Crippen molar-refractivity contribution in [2.75, 3.05) is 5.75 Å². The fourth-order valence-electron chi connectivity index (χ4n) is 2.72. The minimum atomic E-state index is -3.54. The van der Waals surface area contributed by atoms with E-state index in [-0.39, 0.29) is 10.6 Å². The van der Waals surface area contributed by atoms with Crippen LogP contribution in [0.3, 0.4) is 0 Å². The molecule has 2 rings (SSSR count). The average molecular weight is 282 g/mol. The highest BCUT2D eigenvalue weighted by atomic mass is 32.2. The van der Waals surface area contributed by atoms with Gasteiger partial charge in [-0.3, -0.25) is 4.79 Å². The topological polar surface area (TPSA) is 71.4 Å². The van der Waals surface area contributed by atoms with Crippen molar-refractivity contribution in [2.45, 2.75) is 37.0 Å². The minimum absolute atomic E-state index is 0.209. The molecule has 0 aliphatic heterocycles. The molecule has 1 aromatic carbocycles. The number of sulfone groups is 1. The van der Waals surface area contributed by atoms with Crippen LogP contribution < -0.4 is 0 Å². The van der Waals surface area contributed by atoms with Crippen LogP contribution in [0.4, 0.5) is 0 Å². The molecule has 0 unspecified atom stereocenters. The van der Waals surface area contributed by atoms with Crippen LogP contribution >= 0.6 is 0 Å². The molecule has 0 heterocycles. The maximum Gasteiger partial charge on any atom is 0.310 e. The molecule has 1 saturated carbocycles. The normalized spacial score (nSPS) is 18.9. The zero-order chi connectivity index (χ0) is 13.9. The molecule has 0 bridgehead atoms. The molecular weight excluding hydrogens is 264 g/mol. The Labute approximate surface area is 113 Å². The van der Waals surface area contributed by atoms with Crippen molar-refractivity contribution >= 4 is 15.8 Å². The highest BCUT2D eigenvalue weighted by Gasteiger charge is 2.43. The second-order valence-electron chi connectivity index (χ2n) is 5.22. The monoisotopic (exact) mass is 282 g/mol. The largest absolute Gasteiger partial charge is 0.481 e. The number of carbonyl (C=O) groups is 1. The summed E-state index contributed by atoms with van der Waals surface area (Å²) in [6, 6.07) is 8.09. The Morgan fingerprint density at radius 3 is 2.21 bits per heavy atom. The zero-order valence-electron chi connectivity index (χ0n) is 10.7. The van der Waals surface area contributed by atoms with Crippen LogP contribution in [0.15, 0.2) is 35.2 Å². The maximum atomic E-state index is 12.3. The quantitative estimate of drug-likeness (QED) is 0.921. The predicted molar refractivity (Wildman–Crippen MR) is 71.6 cm³/mol. The third kappa shape index (κ3) is 2.97. The van der Waals surface area contributed by atoms with Crippen LogP contribution in [0.5, 0.6) is 0 Å². The van der Waals surface area contributed by atoms with Crippen molar-refractivity contribution in [3.8, 4) is 0 Å². The first kappa shape index (κ1) is 14.1. The number of hydrogen-bond donors (Lipinski definition) is 1. The van der Waals surface area contributed by atoms with Gasteiger partial charge in [-0.05, 0) is 25.0 Å². The Morgan fingerprint density at radius 2 is 1.68 bits per heavy atom. The molecule has 0 aromatic heterocycles. The fraction of sp³-hybridized carbons (Fsp3) is 0.500. The summed E-state index contributed by atoms with van der Waals surface area (Å²) in [6.07, 6.45) is 3.47. The third-order valence-electron chi connectivity index (χ3n) is 3.83.